The molecule has 1 aromatic rings. The average Bonchev–Trinajstić information content (AvgIpc) is 2.81. The number of benzene rings is 1. The third-order valence-electron chi connectivity index (χ3n) is 3.20. The van der Waals surface area contributed by atoms with Crippen LogP contribution in [0.2, 0.25) is 0 Å². The number of Topliss-reactive ketones (excluding diaryl/α,β-unsaturated/α-hetero) is 1. The van der Waals surface area contributed by atoms with Gasteiger partial charge in [0.1, 0.15) is 11.5 Å². The third-order valence-corrected chi connectivity index (χ3v) is 3.20. The molecule has 0 aliphatic carbocycles. The van der Waals surface area contributed by atoms with Crippen LogP contribution in [0.1, 0.15) is 16.8 Å². The zero-order valence-corrected chi connectivity index (χ0v) is 10.3. The summed E-state index contributed by atoms with van der Waals surface area (Å²) in [5, 5.41) is 18.8. The first-order valence-electron chi connectivity index (χ1n) is 5.91. The van der Waals surface area contributed by atoms with Crippen molar-refractivity contribution in [3.8, 4) is 11.5 Å². The van der Waals surface area contributed by atoms with E-state index in [-0.39, 0.29) is 35.4 Å². The van der Waals surface area contributed by atoms with E-state index in [0.717, 1.165) is 13.0 Å². The van der Waals surface area contributed by atoms with Crippen LogP contribution in [0.25, 0.3) is 0 Å². The van der Waals surface area contributed by atoms with Crippen LogP contribution in [0, 0.1) is 0 Å². The summed E-state index contributed by atoms with van der Waals surface area (Å²) in [5.41, 5.74) is 0.235. The molecule has 0 amide bonds. The Kier molecular flexibility index (Phi) is 3.84. The summed E-state index contributed by atoms with van der Waals surface area (Å²) in [6.45, 7) is 1.60. The lowest BCUT2D eigenvalue weighted by atomic mass is 10.1. The molecule has 1 aromatic carbocycles. The van der Waals surface area contributed by atoms with Crippen LogP contribution in [0.3, 0.4) is 0 Å². The number of rotatable bonds is 4. The average molecular weight is 251 g/mol. The number of ketones is 1. The molecule has 0 bridgehead atoms. The Bertz CT molecular complexity index is 441. The fourth-order valence-corrected chi connectivity index (χ4v) is 2.07. The molecule has 0 radical (unpaired) electrons. The Hall–Kier alpha value is -1.59. The van der Waals surface area contributed by atoms with E-state index in [4.69, 9.17) is 4.74 Å². The highest BCUT2D eigenvalue weighted by atomic mass is 16.5. The fraction of sp³-hybridized carbons (Fsp3) is 0.462. The van der Waals surface area contributed by atoms with Crippen molar-refractivity contribution in [2.75, 3.05) is 26.8 Å². The van der Waals surface area contributed by atoms with Crippen molar-refractivity contribution in [1.82, 2.24) is 4.90 Å². The third kappa shape index (κ3) is 2.80. The minimum absolute atomic E-state index is 0.0541. The van der Waals surface area contributed by atoms with E-state index >= 15 is 0 Å². The van der Waals surface area contributed by atoms with E-state index in [1.165, 1.54) is 18.2 Å². The predicted molar refractivity (Wildman–Crippen MR) is 66.0 cm³/mol. The number of ether oxygens (including phenoxy) is 1. The summed E-state index contributed by atoms with van der Waals surface area (Å²) in [5.74, 6) is -0.403. The lowest BCUT2D eigenvalue weighted by Gasteiger charge is -2.21. The molecule has 1 unspecified atom stereocenters. The van der Waals surface area contributed by atoms with E-state index in [9.17, 15) is 15.0 Å². The smallest absolute Gasteiger partial charge is 0.180 e. The summed E-state index contributed by atoms with van der Waals surface area (Å²) in [7, 11) is 1.87. The highest BCUT2D eigenvalue weighted by Gasteiger charge is 2.23. The zero-order chi connectivity index (χ0) is 13.1. The van der Waals surface area contributed by atoms with Crippen molar-refractivity contribution in [2.24, 2.45) is 0 Å². The van der Waals surface area contributed by atoms with Gasteiger partial charge in [-0.05, 0) is 25.6 Å². The number of hydrogen-bond acceptors (Lipinski definition) is 5. The zero-order valence-electron chi connectivity index (χ0n) is 10.3. The maximum atomic E-state index is 12.0. The molecule has 1 aliphatic heterocycles. The van der Waals surface area contributed by atoms with Crippen LogP contribution in [0.15, 0.2) is 18.2 Å². The number of hydrogen-bond donors (Lipinski definition) is 2. The fourth-order valence-electron chi connectivity index (χ4n) is 2.07. The maximum Gasteiger partial charge on any atom is 0.180 e. The van der Waals surface area contributed by atoms with Crippen LogP contribution >= 0.6 is 0 Å². The van der Waals surface area contributed by atoms with Gasteiger partial charge in [-0.25, -0.2) is 0 Å². The molecule has 0 saturated carbocycles. The van der Waals surface area contributed by atoms with Crippen LogP contribution in [0.5, 0.6) is 11.5 Å². The van der Waals surface area contributed by atoms with Gasteiger partial charge in [-0.2, -0.15) is 0 Å². The van der Waals surface area contributed by atoms with E-state index in [0.29, 0.717) is 6.61 Å². The standard InChI is InChI=1S/C13H17NO4/c1-14(9-4-5-18-8-9)7-13(17)11-3-2-10(15)6-12(11)16/h2-3,6,9,15-16H,4-5,7-8H2,1H3. The number of carbonyl (C=O) groups excluding carboxylic acids is 1. The second-order valence-electron chi connectivity index (χ2n) is 4.56. The summed E-state index contributed by atoms with van der Waals surface area (Å²) < 4.78 is 5.27. The molecule has 0 spiro atoms. The molecule has 2 N–H and O–H groups in total. The largest absolute Gasteiger partial charge is 0.508 e. The molecular weight excluding hydrogens is 234 g/mol. The van der Waals surface area contributed by atoms with Gasteiger partial charge in [0.05, 0.1) is 18.7 Å². The number of phenolic OH excluding ortho intramolecular Hbond substituents is 2. The Morgan fingerprint density at radius 2 is 2.28 bits per heavy atom. The Balaban J connectivity index is 2.02. The van der Waals surface area contributed by atoms with Crippen LogP contribution in [-0.2, 0) is 4.74 Å². The van der Waals surface area contributed by atoms with Gasteiger partial charge < -0.3 is 14.9 Å². The SMILES string of the molecule is CN(CC(=O)c1ccc(O)cc1O)C1CCOC1. The van der Waals surface area contributed by atoms with Crippen molar-refractivity contribution in [1.29, 1.82) is 0 Å². The molecular formula is C13H17NO4. The summed E-state index contributed by atoms with van der Waals surface area (Å²) in [6.07, 6.45) is 0.922. The Morgan fingerprint density at radius 1 is 1.50 bits per heavy atom. The van der Waals surface area contributed by atoms with Gasteiger partial charge in [-0.1, -0.05) is 0 Å². The first-order chi connectivity index (χ1) is 8.58. The Labute approximate surface area is 106 Å². The first kappa shape index (κ1) is 12.9. The molecule has 0 aromatic heterocycles. The molecule has 1 fully saturated rings. The van der Waals surface area contributed by atoms with Gasteiger partial charge in [0, 0.05) is 18.7 Å². The monoisotopic (exact) mass is 251 g/mol. The molecule has 1 atom stereocenters. The summed E-state index contributed by atoms with van der Waals surface area (Å²) >= 11 is 0. The normalized spacial score (nSPS) is 19.3. The number of aromatic hydroxyl groups is 2. The molecule has 2 rings (SSSR count). The van der Waals surface area contributed by atoms with Crippen LogP contribution in [0.4, 0.5) is 0 Å². The van der Waals surface area contributed by atoms with Crippen molar-refractivity contribution in [3.05, 3.63) is 23.8 Å². The summed E-state index contributed by atoms with van der Waals surface area (Å²) in [6, 6.07) is 4.26. The van der Waals surface area contributed by atoms with E-state index in [2.05, 4.69) is 0 Å². The lowest BCUT2D eigenvalue weighted by molar-refractivity contribution is 0.0904. The van der Waals surface area contributed by atoms with Gasteiger partial charge in [0.2, 0.25) is 0 Å². The number of nitrogens with zero attached hydrogens (tertiary/aromatic N) is 1. The first-order valence-corrected chi connectivity index (χ1v) is 5.91. The molecule has 1 heterocycles. The van der Waals surface area contributed by atoms with Gasteiger partial charge in [-0.3, -0.25) is 9.69 Å². The van der Waals surface area contributed by atoms with Gasteiger partial charge >= 0.3 is 0 Å². The van der Waals surface area contributed by atoms with Crippen molar-refractivity contribution < 1.29 is 19.7 Å². The molecule has 5 heteroatoms. The van der Waals surface area contributed by atoms with E-state index in [1.807, 2.05) is 11.9 Å². The number of likely N-dealkylation sites (N-methyl/N-ethyl adjacent to an activating group) is 1. The van der Waals surface area contributed by atoms with Crippen molar-refractivity contribution >= 4 is 5.78 Å². The Morgan fingerprint density at radius 3 is 2.89 bits per heavy atom. The highest BCUT2D eigenvalue weighted by Crippen LogP contribution is 2.23. The topological polar surface area (TPSA) is 70.0 Å². The highest BCUT2D eigenvalue weighted by molar-refractivity contribution is 6.00. The van der Waals surface area contributed by atoms with Crippen LogP contribution in [-0.4, -0.2) is 53.7 Å². The summed E-state index contributed by atoms with van der Waals surface area (Å²) in [4.78, 5) is 14.0. The predicted octanol–water partition coefficient (Wildman–Crippen LogP) is 1.00. The van der Waals surface area contributed by atoms with Crippen LogP contribution < -0.4 is 0 Å². The van der Waals surface area contributed by atoms with Gasteiger partial charge in [-0.15, -0.1) is 0 Å². The van der Waals surface area contributed by atoms with Gasteiger partial charge in [0.25, 0.3) is 0 Å². The lowest BCUT2D eigenvalue weighted by Crippen LogP contribution is -2.36. The minimum atomic E-state index is -0.184. The maximum absolute atomic E-state index is 12.0. The van der Waals surface area contributed by atoms with Crippen molar-refractivity contribution in [3.63, 3.8) is 0 Å². The number of phenols is 2. The second-order valence-corrected chi connectivity index (χ2v) is 4.56. The minimum Gasteiger partial charge on any atom is -0.508 e. The second kappa shape index (κ2) is 5.37. The molecule has 5 nitrogen and oxygen atoms in total. The molecule has 1 saturated heterocycles. The number of carbonyl (C=O) groups is 1. The van der Waals surface area contributed by atoms with Gasteiger partial charge in [0.15, 0.2) is 5.78 Å². The van der Waals surface area contributed by atoms with E-state index in [1.54, 1.807) is 0 Å². The quantitative estimate of drug-likeness (QED) is 0.781. The molecule has 18 heavy (non-hydrogen) atoms. The van der Waals surface area contributed by atoms with E-state index < -0.39 is 0 Å². The van der Waals surface area contributed by atoms with Crippen molar-refractivity contribution in [2.45, 2.75) is 12.5 Å². The molecule has 1 aliphatic rings. The molecule has 98 valence electrons.